The number of anilines is 1. The number of methoxy groups -OCH3 is 1. The van der Waals surface area contributed by atoms with Crippen molar-refractivity contribution in [1.29, 1.82) is 0 Å². The summed E-state index contributed by atoms with van der Waals surface area (Å²) in [7, 11) is 1.56. The number of carbonyl (C=O) groups excluding carboxylic acids is 2. The summed E-state index contributed by atoms with van der Waals surface area (Å²) in [6.45, 7) is 0.183. The molecule has 2 aliphatic rings. The van der Waals surface area contributed by atoms with Crippen molar-refractivity contribution in [2.45, 2.75) is 31.3 Å². The molecule has 1 saturated heterocycles. The first-order chi connectivity index (χ1) is 15.7. The van der Waals surface area contributed by atoms with E-state index in [-0.39, 0.29) is 18.1 Å². The monoisotopic (exact) mass is 457 g/mol. The number of urea groups is 1. The zero-order valence-electron chi connectivity index (χ0n) is 17.4. The van der Waals surface area contributed by atoms with Crippen LogP contribution in [0.1, 0.15) is 18.4 Å². The molecule has 10 heteroatoms. The van der Waals surface area contributed by atoms with Gasteiger partial charge in [0.05, 0.1) is 18.3 Å². The number of amides is 3. The number of hydrogen-bond donors (Lipinski definition) is 0. The van der Waals surface area contributed by atoms with Gasteiger partial charge in [0.1, 0.15) is 17.0 Å². The van der Waals surface area contributed by atoms with Crippen LogP contribution in [0.3, 0.4) is 0 Å². The van der Waals surface area contributed by atoms with Crippen molar-refractivity contribution in [3.05, 3.63) is 60.3 Å². The normalized spacial score (nSPS) is 17.2. The van der Waals surface area contributed by atoms with Gasteiger partial charge in [-0.25, -0.2) is 9.69 Å². The molecule has 0 atom stereocenters. The second kappa shape index (κ2) is 7.36. The first-order valence-corrected chi connectivity index (χ1v) is 10.2. The number of aromatic nitrogens is 1. The molecule has 1 saturated carbocycles. The Morgan fingerprint density at radius 2 is 1.73 bits per heavy atom. The number of halogens is 3. The Morgan fingerprint density at radius 3 is 2.36 bits per heavy atom. The predicted molar refractivity (Wildman–Crippen MR) is 112 cm³/mol. The van der Waals surface area contributed by atoms with Crippen LogP contribution in [0.25, 0.3) is 10.9 Å². The zero-order chi connectivity index (χ0) is 23.4. The van der Waals surface area contributed by atoms with Crippen LogP contribution in [0, 0.1) is 0 Å². The average Bonchev–Trinajstić information content (AvgIpc) is 3.55. The summed E-state index contributed by atoms with van der Waals surface area (Å²) in [4.78, 5) is 33.4. The molecule has 0 unspecified atom stereocenters. The highest BCUT2D eigenvalue weighted by Crippen LogP contribution is 2.50. The molecule has 2 aromatic carbocycles. The fourth-order valence-corrected chi connectivity index (χ4v) is 4.18. The number of nitrogens with zero attached hydrogens (tertiary/aromatic N) is 3. The van der Waals surface area contributed by atoms with Crippen LogP contribution in [-0.4, -0.2) is 40.8 Å². The van der Waals surface area contributed by atoms with Gasteiger partial charge in [0.2, 0.25) is 0 Å². The first kappa shape index (κ1) is 21.0. The summed E-state index contributed by atoms with van der Waals surface area (Å²) >= 11 is 0. The molecule has 3 aromatic rings. The van der Waals surface area contributed by atoms with Gasteiger partial charge >= 0.3 is 12.4 Å². The van der Waals surface area contributed by atoms with E-state index >= 15 is 0 Å². The van der Waals surface area contributed by atoms with Crippen molar-refractivity contribution >= 4 is 28.5 Å². The Morgan fingerprint density at radius 1 is 1.03 bits per heavy atom. The van der Waals surface area contributed by atoms with E-state index in [0.29, 0.717) is 18.6 Å². The number of benzene rings is 2. The van der Waals surface area contributed by atoms with Crippen LogP contribution in [0.4, 0.5) is 23.7 Å². The van der Waals surface area contributed by atoms with E-state index in [4.69, 9.17) is 4.74 Å². The minimum Gasteiger partial charge on any atom is -0.497 e. The highest BCUT2D eigenvalue weighted by atomic mass is 19.4. The van der Waals surface area contributed by atoms with Gasteiger partial charge < -0.3 is 14.4 Å². The van der Waals surface area contributed by atoms with Crippen molar-refractivity contribution in [3.63, 3.8) is 0 Å². The molecular weight excluding hydrogens is 439 g/mol. The van der Waals surface area contributed by atoms with E-state index in [1.807, 2.05) is 12.1 Å². The fourth-order valence-electron chi connectivity index (χ4n) is 4.18. The van der Waals surface area contributed by atoms with E-state index in [9.17, 15) is 22.8 Å². The predicted octanol–water partition coefficient (Wildman–Crippen LogP) is 4.64. The Labute approximate surface area is 186 Å². The second-order valence-electron chi connectivity index (χ2n) is 7.94. The smallest absolute Gasteiger partial charge is 0.497 e. The SMILES string of the molecule is COc1ccc2nccc(CN3C(=O)N(c4ccc(OC(F)(F)F)cc4)C(=O)C34CC4)c2c1. The number of fused-ring (bicyclic) bond motifs is 1. The number of pyridine rings is 1. The minimum atomic E-state index is -4.83. The van der Waals surface area contributed by atoms with Crippen LogP contribution >= 0.6 is 0 Å². The standard InChI is InChI=1S/C23H18F3N3O4/c1-32-17-6-7-19-18(12-17)14(8-11-27-19)13-28-21(31)29(20(30)22(28)9-10-22)15-2-4-16(5-3-15)33-23(24,25)26/h2-8,11-12H,9-10,13H2,1H3. The third-order valence-electron chi connectivity index (χ3n) is 5.96. The Balaban J connectivity index is 1.46. The molecule has 0 radical (unpaired) electrons. The lowest BCUT2D eigenvalue weighted by Gasteiger charge is -2.22. The quantitative estimate of drug-likeness (QED) is 0.522. The lowest BCUT2D eigenvalue weighted by atomic mass is 10.1. The summed E-state index contributed by atoms with van der Waals surface area (Å²) in [5.74, 6) is -0.169. The van der Waals surface area contributed by atoms with Gasteiger partial charge in [-0.2, -0.15) is 0 Å². The lowest BCUT2D eigenvalue weighted by Crippen LogP contribution is -2.36. The number of alkyl halides is 3. The van der Waals surface area contributed by atoms with E-state index in [1.165, 1.54) is 17.0 Å². The molecule has 170 valence electrons. The van der Waals surface area contributed by atoms with Gasteiger partial charge in [0.25, 0.3) is 5.91 Å². The summed E-state index contributed by atoms with van der Waals surface area (Å²) < 4.78 is 46.5. The number of hydrogen-bond acceptors (Lipinski definition) is 5. The highest BCUT2D eigenvalue weighted by Gasteiger charge is 2.65. The van der Waals surface area contributed by atoms with Gasteiger partial charge in [-0.05, 0) is 66.9 Å². The van der Waals surface area contributed by atoms with Gasteiger partial charge in [0, 0.05) is 18.1 Å². The second-order valence-corrected chi connectivity index (χ2v) is 7.94. The molecule has 1 aliphatic carbocycles. The molecule has 1 spiro atoms. The third kappa shape index (κ3) is 3.61. The third-order valence-corrected chi connectivity index (χ3v) is 5.96. The van der Waals surface area contributed by atoms with Gasteiger partial charge in [0.15, 0.2) is 0 Å². The van der Waals surface area contributed by atoms with Crippen LogP contribution in [0.15, 0.2) is 54.7 Å². The van der Waals surface area contributed by atoms with Crippen molar-refractivity contribution in [1.82, 2.24) is 9.88 Å². The van der Waals surface area contributed by atoms with Gasteiger partial charge in [-0.15, -0.1) is 13.2 Å². The molecule has 33 heavy (non-hydrogen) atoms. The summed E-state index contributed by atoms with van der Waals surface area (Å²) in [5, 5.41) is 0.806. The number of carbonyl (C=O) groups is 2. The Kier molecular flexibility index (Phi) is 4.70. The van der Waals surface area contributed by atoms with Gasteiger partial charge in [-0.3, -0.25) is 9.78 Å². The summed E-state index contributed by atoms with van der Waals surface area (Å²) in [5.41, 5.74) is 0.789. The van der Waals surface area contributed by atoms with E-state index in [0.717, 1.165) is 33.5 Å². The van der Waals surface area contributed by atoms with Crippen molar-refractivity contribution in [3.8, 4) is 11.5 Å². The molecule has 0 bridgehead atoms. The molecule has 1 aromatic heterocycles. The van der Waals surface area contributed by atoms with E-state index < -0.39 is 23.7 Å². The molecular formula is C23H18F3N3O4. The van der Waals surface area contributed by atoms with Gasteiger partial charge in [-0.1, -0.05) is 0 Å². The van der Waals surface area contributed by atoms with Crippen molar-refractivity contribution in [2.24, 2.45) is 0 Å². The molecule has 7 nitrogen and oxygen atoms in total. The van der Waals surface area contributed by atoms with Crippen molar-refractivity contribution in [2.75, 3.05) is 12.0 Å². The first-order valence-electron chi connectivity index (χ1n) is 10.2. The number of rotatable bonds is 5. The minimum absolute atomic E-state index is 0.183. The molecule has 5 rings (SSSR count). The molecule has 1 aliphatic heterocycles. The van der Waals surface area contributed by atoms with Crippen LogP contribution < -0.4 is 14.4 Å². The van der Waals surface area contributed by atoms with Crippen molar-refractivity contribution < 1.29 is 32.2 Å². The topological polar surface area (TPSA) is 72.0 Å². The van der Waals surface area contributed by atoms with Crippen LogP contribution in [0.5, 0.6) is 11.5 Å². The van der Waals surface area contributed by atoms with Crippen LogP contribution in [-0.2, 0) is 11.3 Å². The molecule has 0 N–H and O–H groups in total. The Bertz CT molecular complexity index is 1260. The van der Waals surface area contributed by atoms with E-state index in [2.05, 4.69) is 9.72 Å². The number of imide groups is 1. The average molecular weight is 457 g/mol. The largest absolute Gasteiger partial charge is 0.573 e. The molecule has 3 amide bonds. The summed E-state index contributed by atoms with van der Waals surface area (Å²) in [6, 6.07) is 11.4. The maximum Gasteiger partial charge on any atom is 0.573 e. The Hall–Kier alpha value is -3.82. The number of ether oxygens (including phenoxy) is 2. The fraction of sp³-hybridized carbons (Fsp3) is 0.261. The highest BCUT2D eigenvalue weighted by molar-refractivity contribution is 6.24. The maximum absolute atomic E-state index is 13.3. The lowest BCUT2D eigenvalue weighted by molar-refractivity contribution is -0.274. The van der Waals surface area contributed by atoms with Crippen LogP contribution in [0.2, 0.25) is 0 Å². The summed E-state index contributed by atoms with van der Waals surface area (Å²) in [6.07, 6.45) is -2.14. The maximum atomic E-state index is 13.3. The molecule has 2 heterocycles. The van der Waals surface area contributed by atoms with E-state index in [1.54, 1.807) is 25.4 Å². The molecule has 2 fully saturated rings. The zero-order valence-corrected chi connectivity index (χ0v) is 17.4.